The summed E-state index contributed by atoms with van der Waals surface area (Å²) in [7, 11) is 0. The highest BCUT2D eigenvalue weighted by Crippen LogP contribution is 2.30. The van der Waals surface area contributed by atoms with Gasteiger partial charge in [-0.3, -0.25) is 0 Å². The lowest BCUT2D eigenvalue weighted by atomic mass is 9.86. The number of hydrogen-bond acceptors (Lipinski definition) is 0. The van der Waals surface area contributed by atoms with E-state index in [1.54, 1.807) is 0 Å². The fraction of sp³-hybridized carbons (Fsp3) is 0.333. The van der Waals surface area contributed by atoms with E-state index in [2.05, 4.69) is 71.0 Å². The van der Waals surface area contributed by atoms with E-state index in [-0.39, 0.29) is 0 Å². The van der Waals surface area contributed by atoms with Gasteiger partial charge in [-0.25, -0.2) is 0 Å². The average molecular weight is 238 g/mol. The van der Waals surface area contributed by atoms with Crippen molar-refractivity contribution in [2.75, 3.05) is 0 Å². The van der Waals surface area contributed by atoms with Crippen LogP contribution in [0.4, 0.5) is 0 Å². The Morgan fingerprint density at radius 2 is 1.33 bits per heavy atom. The standard InChI is InChI=1S/C18H22/c1-12-9-10-17(11-15(12)4)16(5)18-13(2)7-6-8-14(18)3/h6-11,16H,1-5H3. The van der Waals surface area contributed by atoms with E-state index in [9.17, 15) is 0 Å². The summed E-state index contributed by atoms with van der Waals surface area (Å²) >= 11 is 0. The lowest BCUT2D eigenvalue weighted by Gasteiger charge is -2.19. The van der Waals surface area contributed by atoms with E-state index in [0.717, 1.165) is 0 Å². The first kappa shape index (κ1) is 12.9. The second-order valence-electron chi connectivity index (χ2n) is 5.37. The van der Waals surface area contributed by atoms with Crippen LogP contribution in [0.2, 0.25) is 0 Å². The molecule has 1 atom stereocenters. The number of aryl methyl sites for hydroxylation is 4. The molecule has 0 spiro atoms. The van der Waals surface area contributed by atoms with Crippen molar-refractivity contribution >= 4 is 0 Å². The molecule has 0 amide bonds. The molecule has 0 saturated carbocycles. The van der Waals surface area contributed by atoms with Gasteiger partial charge in [0, 0.05) is 5.92 Å². The molecule has 0 saturated heterocycles. The van der Waals surface area contributed by atoms with E-state index in [0.29, 0.717) is 5.92 Å². The molecule has 2 aromatic rings. The van der Waals surface area contributed by atoms with Crippen LogP contribution in [0, 0.1) is 27.7 Å². The van der Waals surface area contributed by atoms with E-state index in [1.807, 2.05) is 0 Å². The summed E-state index contributed by atoms with van der Waals surface area (Å²) in [5.74, 6) is 0.463. The van der Waals surface area contributed by atoms with Gasteiger partial charge in [0.1, 0.15) is 0 Å². The maximum atomic E-state index is 2.33. The van der Waals surface area contributed by atoms with E-state index in [4.69, 9.17) is 0 Å². The Morgan fingerprint density at radius 3 is 1.89 bits per heavy atom. The molecule has 94 valence electrons. The summed E-state index contributed by atoms with van der Waals surface area (Å²) < 4.78 is 0. The lowest BCUT2D eigenvalue weighted by Crippen LogP contribution is -2.02. The first-order chi connectivity index (χ1) is 8.50. The summed E-state index contributed by atoms with van der Waals surface area (Å²) in [5.41, 5.74) is 8.41. The molecule has 0 heterocycles. The van der Waals surface area contributed by atoms with Crippen LogP contribution >= 0.6 is 0 Å². The topological polar surface area (TPSA) is 0 Å². The van der Waals surface area contributed by atoms with Crippen LogP contribution in [-0.4, -0.2) is 0 Å². The zero-order valence-electron chi connectivity index (χ0n) is 12.0. The molecular weight excluding hydrogens is 216 g/mol. The summed E-state index contributed by atoms with van der Waals surface area (Å²) in [6, 6.07) is 13.4. The Kier molecular flexibility index (Phi) is 3.56. The predicted octanol–water partition coefficient (Wildman–Crippen LogP) is 5.07. The van der Waals surface area contributed by atoms with Crippen molar-refractivity contribution in [2.45, 2.75) is 40.5 Å². The first-order valence-corrected chi connectivity index (χ1v) is 6.64. The fourth-order valence-electron chi connectivity index (χ4n) is 2.71. The van der Waals surface area contributed by atoms with Gasteiger partial charge in [0.15, 0.2) is 0 Å². The van der Waals surface area contributed by atoms with E-state index < -0.39 is 0 Å². The number of rotatable bonds is 2. The molecule has 0 aromatic heterocycles. The largest absolute Gasteiger partial charge is 0.0617 e. The molecule has 0 aliphatic heterocycles. The van der Waals surface area contributed by atoms with Gasteiger partial charge in [0.05, 0.1) is 0 Å². The smallest absolute Gasteiger partial charge is 0.00663 e. The van der Waals surface area contributed by atoms with Gasteiger partial charge in [0.25, 0.3) is 0 Å². The van der Waals surface area contributed by atoms with Crippen molar-refractivity contribution in [1.29, 1.82) is 0 Å². The Balaban J connectivity index is 2.48. The summed E-state index contributed by atoms with van der Waals surface area (Å²) in [6.07, 6.45) is 0. The molecular formula is C18H22. The molecule has 1 unspecified atom stereocenters. The van der Waals surface area contributed by atoms with E-state index in [1.165, 1.54) is 33.4 Å². The van der Waals surface area contributed by atoms with Crippen molar-refractivity contribution in [1.82, 2.24) is 0 Å². The van der Waals surface area contributed by atoms with Crippen LogP contribution in [0.3, 0.4) is 0 Å². The molecule has 2 rings (SSSR count). The van der Waals surface area contributed by atoms with Gasteiger partial charge >= 0.3 is 0 Å². The van der Waals surface area contributed by atoms with Crippen molar-refractivity contribution < 1.29 is 0 Å². The minimum absolute atomic E-state index is 0.463. The van der Waals surface area contributed by atoms with Crippen molar-refractivity contribution in [2.24, 2.45) is 0 Å². The minimum Gasteiger partial charge on any atom is -0.0617 e. The molecule has 2 aromatic carbocycles. The highest BCUT2D eigenvalue weighted by Gasteiger charge is 2.13. The van der Waals surface area contributed by atoms with Crippen LogP contribution in [0.5, 0.6) is 0 Å². The summed E-state index contributed by atoms with van der Waals surface area (Å²) in [5, 5.41) is 0. The maximum Gasteiger partial charge on any atom is 0.00663 e. The molecule has 0 bridgehead atoms. The zero-order chi connectivity index (χ0) is 13.3. The zero-order valence-corrected chi connectivity index (χ0v) is 12.0. The van der Waals surface area contributed by atoms with Gasteiger partial charge in [-0.15, -0.1) is 0 Å². The SMILES string of the molecule is Cc1ccc(C(C)c2c(C)cccc2C)cc1C. The van der Waals surface area contributed by atoms with Crippen LogP contribution < -0.4 is 0 Å². The third-order valence-corrected chi connectivity index (χ3v) is 4.01. The predicted molar refractivity (Wildman–Crippen MR) is 79.3 cm³/mol. The van der Waals surface area contributed by atoms with E-state index >= 15 is 0 Å². The minimum atomic E-state index is 0.463. The Hall–Kier alpha value is -1.56. The molecule has 0 nitrogen and oxygen atoms in total. The fourth-order valence-corrected chi connectivity index (χ4v) is 2.71. The second kappa shape index (κ2) is 4.97. The van der Waals surface area contributed by atoms with Crippen LogP contribution in [0.25, 0.3) is 0 Å². The molecule has 0 heteroatoms. The highest BCUT2D eigenvalue weighted by atomic mass is 14.2. The Labute approximate surface area is 111 Å². The van der Waals surface area contributed by atoms with Gasteiger partial charge in [0.2, 0.25) is 0 Å². The van der Waals surface area contributed by atoms with Crippen LogP contribution in [-0.2, 0) is 0 Å². The molecule has 0 radical (unpaired) electrons. The van der Waals surface area contributed by atoms with Gasteiger partial charge < -0.3 is 0 Å². The molecule has 0 aliphatic carbocycles. The van der Waals surface area contributed by atoms with Crippen molar-refractivity contribution in [3.8, 4) is 0 Å². The average Bonchev–Trinajstić information content (AvgIpc) is 2.32. The maximum absolute atomic E-state index is 2.33. The molecule has 0 fully saturated rings. The second-order valence-corrected chi connectivity index (χ2v) is 5.37. The Morgan fingerprint density at radius 1 is 0.722 bits per heavy atom. The Bertz CT molecular complexity index is 544. The van der Waals surface area contributed by atoms with Crippen molar-refractivity contribution in [3.05, 3.63) is 69.8 Å². The van der Waals surface area contributed by atoms with Gasteiger partial charge in [-0.05, 0) is 61.1 Å². The summed E-state index contributed by atoms with van der Waals surface area (Å²) in [4.78, 5) is 0. The summed E-state index contributed by atoms with van der Waals surface area (Å²) in [6.45, 7) is 11.1. The van der Waals surface area contributed by atoms with Crippen LogP contribution in [0.1, 0.15) is 46.2 Å². The monoisotopic (exact) mass is 238 g/mol. The normalized spacial score (nSPS) is 12.5. The van der Waals surface area contributed by atoms with Crippen LogP contribution in [0.15, 0.2) is 36.4 Å². The quantitative estimate of drug-likeness (QED) is 0.685. The number of hydrogen-bond donors (Lipinski definition) is 0. The van der Waals surface area contributed by atoms with Gasteiger partial charge in [-0.2, -0.15) is 0 Å². The van der Waals surface area contributed by atoms with Crippen molar-refractivity contribution in [3.63, 3.8) is 0 Å². The molecule has 18 heavy (non-hydrogen) atoms. The third-order valence-electron chi connectivity index (χ3n) is 4.01. The highest BCUT2D eigenvalue weighted by molar-refractivity contribution is 5.43. The first-order valence-electron chi connectivity index (χ1n) is 6.64. The molecule has 0 aliphatic rings. The lowest BCUT2D eigenvalue weighted by molar-refractivity contribution is 0.894. The third kappa shape index (κ3) is 2.33. The van der Waals surface area contributed by atoms with Gasteiger partial charge in [-0.1, -0.05) is 43.3 Å². The molecule has 0 N–H and O–H groups in total. The number of benzene rings is 2.